The normalized spacial score (nSPS) is 19.2. The number of carbonyl (C=O) groups is 3. The fourth-order valence-electron chi connectivity index (χ4n) is 3.40. The topological polar surface area (TPSA) is 66.5 Å². The predicted molar refractivity (Wildman–Crippen MR) is 108 cm³/mol. The molecule has 0 aromatic heterocycles. The standard InChI is InChI=1S/C23H26N2O3/c1-5-16-6-8-18(9-7-16)20(26)14-25-21(27)23(4,24-22(25)28)19-12-10-17(11-13-19)15(2)3/h6-13,15H,5,14H2,1-4H3,(H,24,28)/t23-/m1/s1. The molecule has 3 rings (SSSR count). The van der Waals surface area contributed by atoms with Gasteiger partial charge in [0.1, 0.15) is 5.54 Å². The first-order valence-corrected chi connectivity index (χ1v) is 9.63. The van der Waals surface area contributed by atoms with Crippen molar-refractivity contribution < 1.29 is 14.4 Å². The second kappa shape index (κ2) is 7.58. The molecule has 1 N–H and O–H groups in total. The van der Waals surface area contributed by atoms with Gasteiger partial charge in [0, 0.05) is 5.56 Å². The van der Waals surface area contributed by atoms with Crippen LogP contribution in [0, 0.1) is 0 Å². The van der Waals surface area contributed by atoms with Crippen molar-refractivity contribution >= 4 is 17.7 Å². The molecule has 5 nitrogen and oxygen atoms in total. The van der Waals surface area contributed by atoms with Crippen LogP contribution < -0.4 is 5.32 Å². The maximum absolute atomic E-state index is 13.0. The number of benzene rings is 2. The Morgan fingerprint density at radius 3 is 2.18 bits per heavy atom. The van der Waals surface area contributed by atoms with Crippen LogP contribution in [-0.4, -0.2) is 29.2 Å². The fourth-order valence-corrected chi connectivity index (χ4v) is 3.40. The number of Topliss-reactive ketones (excluding diaryl/α,β-unsaturated/α-hetero) is 1. The van der Waals surface area contributed by atoms with Crippen molar-refractivity contribution in [3.05, 3.63) is 70.8 Å². The highest BCUT2D eigenvalue weighted by Crippen LogP contribution is 2.30. The first-order chi connectivity index (χ1) is 13.3. The lowest BCUT2D eigenvalue weighted by Gasteiger charge is -2.22. The van der Waals surface area contributed by atoms with Crippen LogP contribution in [0.5, 0.6) is 0 Å². The zero-order valence-electron chi connectivity index (χ0n) is 16.8. The Hall–Kier alpha value is -2.95. The summed E-state index contributed by atoms with van der Waals surface area (Å²) in [5.74, 6) is -0.289. The highest BCUT2D eigenvalue weighted by molar-refractivity contribution is 6.11. The Labute approximate surface area is 165 Å². The monoisotopic (exact) mass is 378 g/mol. The Balaban J connectivity index is 1.79. The molecular weight excluding hydrogens is 352 g/mol. The molecule has 0 unspecified atom stereocenters. The number of ketones is 1. The molecule has 1 saturated heterocycles. The maximum atomic E-state index is 13.0. The van der Waals surface area contributed by atoms with Crippen molar-refractivity contribution in [1.29, 1.82) is 0 Å². The number of nitrogens with one attached hydrogen (secondary N) is 1. The number of carbonyl (C=O) groups excluding carboxylic acids is 3. The summed E-state index contributed by atoms with van der Waals surface area (Å²) in [4.78, 5) is 39.1. The van der Waals surface area contributed by atoms with Crippen molar-refractivity contribution in [2.45, 2.75) is 45.6 Å². The van der Waals surface area contributed by atoms with E-state index in [1.165, 1.54) is 0 Å². The van der Waals surface area contributed by atoms with Crippen molar-refractivity contribution in [2.24, 2.45) is 0 Å². The largest absolute Gasteiger partial charge is 0.325 e. The molecule has 1 fully saturated rings. The summed E-state index contributed by atoms with van der Waals surface area (Å²) in [7, 11) is 0. The molecular formula is C23H26N2O3. The summed E-state index contributed by atoms with van der Waals surface area (Å²) in [5.41, 5.74) is 2.32. The van der Waals surface area contributed by atoms with Crippen molar-refractivity contribution in [3.63, 3.8) is 0 Å². The second-order valence-corrected chi connectivity index (χ2v) is 7.70. The van der Waals surface area contributed by atoms with E-state index >= 15 is 0 Å². The van der Waals surface area contributed by atoms with Gasteiger partial charge in [-0.05, 0) is 36.0 Å². The zero-order chi connectivity index (χ0) is 20.5. The molecule has 2 aromatic carbocycles. The van der Waals surface area contributed by atoms with Crippen LogP contribution in [0.15, 0.2) is 48.5 Å². The van der Waals surface area contributed by atoms with Gasteiger partial charge in [0.25, 0.3) is 5.91 Å². The Morgan fingerprint density at radius 1 is 1.04 bits per heavy atom. The molecule has 0 saturated carbocycles. The number of amides is 3. The lowest BCUT2D eigenvalue weighted by Crippen LogP contribution is -2.41. The van der Waals surface area contributed by atoms with E-state index in [2.05, 4.69) is 19.2 Å². The van der Waals surface area contributed by atoms with Crippen molar-refractivity contribution in [3.8, 4) is 0 Å². The van der Waals surface area contributed by atoms with E-state index in [9.17, 15) is 14.4 Å². The van der Waals surface area contributed by atoms with Gasteiger partial charge in [-0.15, -0.1) is 0 Å². The first-order valence-electron chi connectivity index (χ1n) is 9.63. The summed E-state index contributed by atoms with van der Waals surface area (Å²) in [6.07, 6.45) is 0.884. The Morgan fingerprint density at radius 2 is 1.64 bits per heavy atom. The molecule has 2 aromatic rings. The zero-order valence-corrected chi connectivity index (χ0v) is 16.8. The summed E-state index contributed by atoms with van der Waals surface area (Å²) < 4.78 is 0. The van der Waals surface area contributed by atoms with E-state index in [0.29, 0.717) is 17.0 Å². The van der Waals surface area contributed by atoms with Gasteiger partial charge >= 0.3 is 6.03 Å². The molecule has 0 bridgehead atoms. The number of hydrogen-bond donors (Lipinski definition) is 1. The predicted octanol–water partition coefficient (Wildman–Crippen LogP) is 4.02. The van der Waals surface area contributed by atoms with Crippen molar-refractivity contribution in [2.75, 3.05) is 6.54 Å². The number of rotatable bonds is 6. The van der Waals surface area contributed by atoms with Crippen molar-refractivity contribution in [1.82, 2.24) is 10.2 Å². The molecule has 5 heteroatoms. The number of nitrogens with zero attached hydrogens (tertiary/aromatic N) is 1. The average Bonchev–Trinajstić information content (AvgIpc) is 2.92. The number of hydrogen-bond acceptors (Lipinski definition) is 3. The third kappa shape index (κ3) is 3.57. The van der Waals surface area contributed by atoms with Gasteiger partial charge in [0.2, 0.25) is 0 Å². The molecule has 1 heterocycles. The fraction of sp³-hybridized carbons (Fsp3) is 0.348. The quantitative estimate of drug-likeness (QED) is 0.610. The molecule has 1 atom stereocenters. The summed E-state index contributed by atoms with van der Waals surface area (Å²) in [6.45, 7) is 7.64. The molecule has 1 aliphatic rings. The maximum Gasteiger partial charge on any atom is 0.325 e. The first kappa shape index (κ1) is 19.8. The van der Waals surface area contributed by atoms with E-state index in [1.807, 2.05) is 43.3 Å². The van der Waals surface area contributed by atoms with Crippen LogP contribution in [0.4, 0.5) is 4.79 Å². The van der Waals surface area contributed by atoms with Gasteiger partial charge < -0.3 is 5.32 Å². The third-order valence-electron chi connectivity index (χ3n) is 5.42. The highest BCUT2D eigenvalue weighted by Gasteiger charge is 2.49. The van der Waals surface area contributed by atoms with Gasteiger partial charge in [0.15, 0.2) is 5.78 Å². The minimum Gasteiger partial charge on any atom is -0.319 e. The summed E-state index contributed by atoms with van der Waals surface area (Å²) >= 11 is 0. The van der Waals surface area contributed by atoms with Crippen LogP contribution in [0.3, 0.4) is 0 Å². The molecule has 146 valence electrons. The van der Waals surface area contributed by atoms with Crippen LogP contribution >= 0.6 is 0 Å². The van der Waals surface area contributed by atoms with E-state index < -0.39 is 17.5 Å². The molecule has 0 spiro atoms. The number of imide groups is 1. The number of urea groups is 1. The van der Waals surface area contributed by atoms with Gasteiger partial charge in [-0.1, -0.05) is 69.3 Å². The Bertz CT molecular complexity index is 900. The molecule has 0 radical (unpaired) electrons. The van der Waals surface area contributed by atoms with Gasteiger partial charge in [-0.3, -0.25) is 14.5 Å². The lowest BCUT2D eigenvalue weighted by atomic mass is 9.90. The van der Waals surface area contributed by atoms with Crippen LogP contribution in [0.25, 0.3) is 0 Å². The molecule has 1 aliphatic heterocycles. The van der Waals surface area contributed by atoms with Gasteiger partial charge in [0.05, 0.1) is 6.54 Å². The van der Waals surface area contributed by atoms with Crippen LogP contribution in [0.1, 0.15) is 60.7 Å². The minimum absolute atomic E-state index is 0.259. The van der Waals surface area contributed by atoms with E-state index in [-0.39, 0.29) is 12.3 Å². The third-order valence-corrected chi connectivity index (χ3v) is 5.42. The van der Waals surface area contributed by atoms with Gasteiger partial charge in [-0.25, -0.2) is 4.79 Å². The van der Waals surface area contributed by atoms with Crippen LogP contribution in [0.2, 0.25) is 0 Å². The van der Waals surface area contributed by atoms with E-state index in [1.54, 1.807) is 19.1 Å². The van der Waals surface area contributed by atoms with Gasteiger partial charge in [-0.2, -0.15) is 0 Å². The van der Waals surface area contributed by atoms with E-state index in [0.717, 1.165) is 22.4 Å². The minimum atomic E-state index is -1.17. The average molecular weight is 378 g/mol. The lowest BCUT2D eigenvalue weighted by molar-refractivity contribution is -0.130. The Kier molecular flexibility index (Phi) is 5.36. The van der Waals surface area contributed by atoms with Crippen LogP contribution in [-0.2, 0) is 16.8 Å². The molecule has 28 heavy (non-hydrogen) atoms. The summed E-state index contributed by atoms with van der Waals surface area (Å²) in [5, 5.41) is 2.76. The molecule has 3 amide bonds. The van der Waals surface area contributed by atoms with E-state index in [4.69, 9.17) is 0 Å². The highest BCUT2D eigenvalue weighted by atomic mass is 16.2. The summed E-state index contributed by atoms with van der Waals surface area (Å²) in [6, 6.07) is 14.4. The smallest absolute Gasteiger partial charge is 0.319 e. The number of aryl methyl sites for hydroxylation is 1. The second-order valence-electron chi connectivity index (χ2n) is 7.70. The molecule has 0 aliphatic carbocycles. The SMILES string of the molecule is CCc1ccc(C(=O)CN2C(=O)N[C@](C)(c3ccc(C(C)C)cc3)C2=O)cc1.